The van der Waals surface area contributed by atoms with Gasteiger partial charge in [0.15, 0.2) is 0 Å². The van der Waals surface area contributed by atoms with Crippen LogP contribution in [0.2, 0.25) is 5.22 Å². The molecule has 1 fully saturated rings. The molecule has 0 aliphatic heterocycles. The minimum absolute atomic E-state index is 0.0318. The van der Waals surface area contributed by atoms with E-state index >= 15 is 0 Å². The van der Waals surface area contributed by atoms with Crippen molar-refractivity contribution in [1.29, 1.82) is 0 Å². The van der Waals surface area contributed by atoms with Gasteiger partial charge >= 0.3 is 0 Å². The van der Waals surface area contributed by atoms with E-state index in [1.165, 1.54) is 31.9 Å². The van der Waals surface area contributed by atoms with Gasteiger partial charge in [0.1, 0.15) is 0 Å². The summed E-state index contributed by atoms with van der Waals surface area (Å²) in [5, 5.41) is 0.190. The molecule has 3 nitrogen and oxygen atoms in total. The maximum absolute atomic E-state index is 12.2. The molecule has 0 aromatic carbocycles. The van der Waals surface area contributed by atoms with Crippen LogP contribution in [-0.2, 0) is 0 Å². The smallest absolute Gasteiger partial charge is 0.258 e. The average molecular weight is 256 g/mol. The highest BCUT2D eigenvalue weighted by Crippen LogP contribution is 2.24. The van der Waals surface area contributed by atoms with Gasteiger partial charge in [0.25, 0.3) is 5.91 Å². The van der Waals surface area contributed by atoms with E-state index in [4.69, 9.17) is 16.0 Å². The zero-order valence-electron chi connectivity index (χ0n) is 10.1. The van der Waals surface area contributed by atoms with Crippen LogP contribution < -0.4 is 0 Å². The third-order valence-electron chi connectivity index (χ3n) is 3.54. The lowest BCUT2D eigenvalue weighted by Gasteiger charge is -2.26. The van der Waals surface area contributed by atoms with E-state index in [0.29, 0.717) is 11.6 Å². The summed E-state index contributed by atoms with van der Waals surface area (Å²) in [6.45, 7) is 0. The quantitative estimate of drug-likeness (QED) is 0.755. The molecule has 17 heavy (non-hydrogen) atoms. The van der Waals surface area contributed by atoms with Crippen LogP contribution in [0.5, 0.6) is 0 Å². The van der Waals surface area contributed by atoms with Gasteiger partial charge in [-0.15, -0.1) is 0 Å². The first-order valence-electron chi connectivity index (χ1n) is 6.20. The summed E-state index contributed by atoms with van der Waals surface area (Å²) in [5.41, 5.74) is 0.471. The molecule has 1 aliphatic rings. The number of hydrogen-bond donors (Lipinski definition) is 0. The van der Waals surface area contributed by atoms with Crippen molar-refractivity contribution in [2.75, 3.05) is 7.05 Å². The zero-order chi connectivity index (χ0) is 12.3. The van der Waals surface area contributed by atoms with Crippen LogP contribution >= 0.6 is 11.6 Å². The summed E-state index contributed by atoms with van der Waals surface area (Å²) in [6.07, 6.45) is 8.63. The van der Waals surface area contributed by atoms with Crippen molar-refractivity contribution >= 4 is 17.5 Å². The maximum Gasteiger partial charge on any atom is 0.258 e. The second-order valence-electron chi connectivity index (χ2n) is 4.67. The second kappa shape index (κ2) is 5.58. The molecule has 4 heteroatoms. The molecule has 1 aliphatic carbocycles. The number of amides is 1. The lowest BCUT2D eigenvalue weighted by molar-refractivity contribution is 0.0717. The normalized spacial score (nSPS) is 17.8. The summed E-state index contributed by atoms with van der Waals surface area (Å²) in [4.78, 5) is 14.0. The molecule has 0 atom stereocenters. The minimum Gasteiger partial charge on any atom is -0.452 e. The Kier molecular flexibility index (Phi) is 4.11. The molecule has 1 aromatic heterocycles. The van der Waals surface area contributed by atoms with Crippen molar-refractivity contribution in [2.45, 2.75) is 44.6 Å². The Morgan fingerprint density at radius 3 is 2.53 bits per heavy atom. The largest absolute Gasteiger partial charge is 0.452 e. The number of carbonyl (C=O) groups is 1. The predicted octanol–water partition coefficient (Wildman–Crippen LogP) is 3.73. The Labute approximate surface area is 107 Å². The summed E-state index contributed by atoms with van der Waals surface area (Å²) in [6, 6.07) is 1.98. The summed E-state index contributed by atoms with van der Waals surface area (Å²) in [7, 11) is 1.86. The van der Waals surface area contributed by atoms with Gasteiger partial charge in [0, 0.05) is 13.1 Å². The molecule has 0 spiro atoms. The third kappa shape index (κ3) is 2.83. The van der Waals surface area contributed by atoms with E-state index in [9.17, 15) is 4.79 Å². The number of carbonyl (C=O) groups excluding carboxylic acids is 1. The van der Waals surface area contributed by atoms with Gasteiger partial charge in [-0.25, -0.2) is 0 Å². The highest BCUT2D eigenvalue weighted by Gasteiger charge is 2.24. The van der Waals surface area contributed by atoms with Gasteiger partial charge in [0.2, 0.25) is 5.22 Å². The van der Waals surface area contributed by atoms with Crippen LogP contribution in [0, 0.1) is 0 Å². The molecule has 94 valence electrons. The minimum atomic E-state index is -0.0318. The zero-order valence-corrected chi connectivity index (χ0v) is 10.9. The van der Waals surface area contributed by atoms with Crippen LogP contribution in [0.15, 0.2) is 16.7 Å². The summed E-state index contributed by atoms with van der Waals surface area (Å²) in [5.74, 6) is -0.0318. The maximum atomic E-state index is 12.2. The molecule has 2 rings (SSSR count). The van der Waals surface area contributed by atoms with E-state index < -0.39 is 0 Å². The van der Waals surface area contributed by atoms with Gasteiger partial charge in [-0.05, 0) is 30.5 Å². The number of hydrogen-bond acceptors (Lipinski definition) is 2. The summed E-state index contributed by atoms with van der Waals surface area (Å²) >= 11 is 5.84. The average Bonchev–Trinajstić information content (AvgIpc) is 2.60. The third-order valence-corrected chi connectivity index (χ3v) is 3.83. The topological polar surface area (TPSA) is 33.5 Å². The highest BCUT2D eigenvalue weighted by atomic mass is 35.5. The van der Waals surface area contributed by atoms with Crippen LogP contribution in [0.4, 0.5) is 0 Å². The van der Waals surface area contributed by atoms with Crippen molar-refractivity contribution in [1.82, 2.24) is 4.90 Å². The first-order valence-corrected chi connectivity index (χ1v) is 6.58. The van der Waals surface area contributed by atoms with Crippen LogP contribution in [0.1, 0.15) is 48.9 Å². The SMILES string of the molecule is CN(C(=O)c1ccoc1Cl)C1CCCCCC1. The van der Waals surface area contributed by atoms with Crippen molar-refractivity contribution in [3.8, 4) is 0 Å². The van der Waals surface area contributed by atoms with Crippen molar-refractivity contribution in [2.24, 2.45) is 0 Å². The molecule has 1 aromatic rings. The Morgan fingerprint density at radius 1 is 1.35 bits per heavy atom. The van der Waals surface area contributed by atoms with E-state index in [0.717, 1.165) is 12.8 Å². The van der Waals surface area contributed by atoms with E-state index in [2.05, 4.69) is 0 Å². The van der Waals surface area contributed by atoms with Crippen LogP contribution in [-0.4, -0.2) is 23.9 Å². The number of rotatable bonds is 2. The van der Waals surface area contributed by atoms with E-state index in [1.807, 2.05) is 11.9 Å². The standard InChI is InChI=1S/C13H18ClNO2/c1-15(10-6-4-2-3-5-7-10)13(16)11-8-9-17-12(11)14/h8-10H,2-7H2,1H3. The second-order valence-corrected chi connectivity index (χ2v) is 5.01. The Bertz CT molecular complexity index is 381. The molecule has 0 unspecified atom stereocenters. The lowest BCUT2D eigenvalue weighted by atomic mass is 10.1. The molecule has 1 heterocycles. The van der Waals surface area contributed by atoms with E-state index in [-0.39, 0.29) is 11.1 Å². The Morgan fingerprint density at radius 2 is 2.00 bits per heavy atom. The summed E-state index contributed by atoms with van der Waals surface area (Å²) < 4.78 is 4.97. The van der Waals surface area contributed by atoms with Gasteiger partial charge in [0.05, 0.1) is 11.8 Å². The van der Waals surface area contributed by atoms with Gasteiger partial charge in [-0.1, -0.05) is 25.7 Å². The van der Waals surface area contributed by atoms with Crippen LogP contribution in [0.3, 0.4) is 0 Å². The molecular weight excluding hydrogens is 238 g/mol. The van der Waals surface area contributed by atoms with Gasteiger partial charge in [-0.3, -0.25) is 4.79 Å². The molecular formula is C13H18ClNO2. The molecule has 0 N–H and O–H groups in total. The molecule has 0 bridgehead atoms. The molecule has 1 amide bonds. The van der Waals surface area contributed by atoms with Crippen LogP contribution in [0.25, 0.3) is 0 Å². The predicted molar refractivity (Wildman–Crippen MR) is 67.3 cm³/mol. The van der Waals surface area contributed by atoms with Crippen molar-refractivity contribution in [3.05, 3.63) is 23.1 Å². The number of nitrogens with zero attached hydrogens (tertiary/aromatic N) is 1. The fourth-order valence-corrected chi connectivity index (χ4v) is 2.64. The van der Waals surface area contributed by atoms with Crippen molar-refractivity contribution < 1.29 is 9.21 Å². The van der Waals surface area contributed by atoms with Crippen molar-refractivity contribution in [3.63, 3.8) is 0 Å². The fourth-order valence-electron chi connectivity index (χ4n) is 2.45. The Hall–Kier alpha value is -0.960. The first kappa shape index (κ1) is 12.5. The molecule has 0 radical (unpaired) electrons. The lowest BCUT2D eigenvalue weighted by Crippen LogP contribution is -2.36. The highest BCUT2D eigenvalue weighted by molar-refractivity contribution is 6.32. The molecule has 1 saturated carbocycles. The number of furan rings is 1. The van der Waals surface area contributed by atoms with Gasteiger partial charge in [-0.2, -0.15) is 0 Å². The van der Waals surface area contributed by atoms with Gasteiger partial charge < -0.3 is 9.32 Å². The monoisotopic (exact) mass is 255 g/mol. The van der Waals surface area contributed by atoms with E-state index in [1.54, 1.807) is 6.07 Å². The first-order chi connectivity index (χ1) is 8.20. The fraction of sp³-hybridized carbons (Fsp3) is 0.615. The number of halogens is 1. The molecule has 0 saturated heterocycles. The Balaban J connectivity index is 2.06.